The summed E-state index contributed by atoms with van der Waals surface area (Å²) in [5.41, 5.74) is 5.88. The lowest BCUT2D eigenvalue weighted by atomic mass is 9.84. The maximum Gasteiger partial charge on any atom is 0.172 e. The van der Waals surface area contributed by atoms with Gasteiger partial charge in [0.1, 0.15) is 0 Å². The van der Waals surface area contributed by atoms with Crippen LogP contribution in [0.5, 0.6) is 0 Å². The van der Waals surface area contributed by atoms with Crippen molar-refractivity contribution in [3.8, 4) is 11.1 Å². The Morgan fingerprint density at radius 2 is 1.73 bits per heavy atom. The summed E-state index contributed by atoms with van der Waals surface area (Å²) in [5.74, 6) is 0.747. The fourth-order valence-electron chi connectivity index (χ4n) is 6.39. The molecule has 3 aromatic rings. The fourth-order valence-corrected chi connectivity index (χ4v) is 6.39. The number of halogens is 2. The van der Waals surface area contributed by atoms with E-state index in [1.807, 2.05) is 0 Å². The number of nitrogens with zero attached hydrogens (tertiary/aromatic N) is 3. The molecule has 1 aromatic heterocycles. The number of rotatable bonds is 9. The Labute approximate surface area is 234 Å². The number of hydrogen-bond donors (Lipinski definition) is 1. The van der Waals surface area contributed by atoms with Gasteiger partial charge in [0.15, 0.2) is 5.58 Å². The lowest BCUT2D eigenvalue weighted by molar-refractivity contribution is 0.0602. The largest absolute Gasteiger partial charge is 0.396 e. The predicted octanol–water partition coefficient (Wildman–Crippen LogP) is 6.60. The van der Waals surface area contributed by atoms with Crippen molar-refractivity contribution < 1.29 is 9.63 Å². The standard InChI is InChI=1S/C30H41N3O2.2ClH/c1-32(2)20-27-25(24-8-4-3-5-9-24)11-12-26-28(31-35-29(26)27)13-10-23-14-18-33(19-15-23)21-30(22-34)16-6-7-17-30;;/h3-5,8-9,11-12,23,34H,6-7,10,13-22H2,1-2H3;2*1H. The smallest absolute Gasteiger partial charge is 0.172 e. The first-order chi connectivity index (χ1) is 17.1. The van der Waals surface area contributed by atoms with Gasteiger partial charge in [-0.2, -0.15) is 0 Å². The number of fused-ring (bicyclic) bond motifs is 1. The van der Waals surface area contributed by atoms with E-state index in [9.17, 15) is 5.11 Å². The molecule has 5 nitrogen and oxygen atoms in total. The number of benzene rings is 2. The van der Waals surface area contributed by atoms with Crippen LogP contribution in [0.15, 0.2) is 47.0 Å². The predicted molar refractivity (Wildman–Crippen MR) is 157 cm³/mol. The van der Waals surface area contributed by atoms with Crippen LogP contribution in [-0.4, -0.2) is 60.4 Å². The zero-order chi connectivity index (χ0) is 24.3. The summed E-state index contributed by atoms with van der Waals surface area (Å²) in [6.07, 6.45) is 9.61. The highest BCUT2D eigenvalue weighted by Gasteiger charge is 2.35. The molecule has 2 heterocycles. The van der Waals surface area contributed by atoms with Gasteiger partial charge in [0, 0.05) is 36.1 Å². The minimum atomic E-state index is 0. The van der Waals surface area contributed by atoms with Crippen molar-refractivity contribution in [1.29, 1.82) is 0 Å². The number of aliphatic hydroxyl groups excluding tert-OH is 1. The van der Waals surface area contributed by atoms with E-state index in [0.717, 1.165) is 36.7 Å². The highest BCUT2D eigenvalue weighted by atomic mass is 35.5. The molecule has 0 bridgehead atoms. The quantitative estimate of drug-likeness (QED) is 0.327. The molecule has 204 valence electrons. The highest BCUT2D eigenvalue weighted by Crippen LogP contribution is 2.39. The van der Waals surface area contributed by atoms with Crippen LogP contribution < -0.4 is 0 Å². The summed E-state index contributed by atoms with van der Waals surface area (Å²) in [6.45, 7) is 4.60. The lowest BCUT2D eigenvalue weighted by Gasteiger charge is -2.38. The third kappa shape index (κ3) is 6.88. The van der Waals surface area contributed by atoms with Gasteiger partial charge >= 0.3 is 0 Å². The second-order valence-corrected chi connectivity index (χ2v) is 11.3. The number of hydrogen-bond acceptors (Lipinski definition) is 5. The van der Waals surface area contributed by atoms with Crippen LogP contribution in [0.4, 0.5) is 0 Å². The van der Waals surface area contributed by atoms with Crippen LogP contribution in [0.3, 0.4) is 0 Å². The van der Waals surface area contributed by atoms with Crippen molar-refractivity contribution in [1.82, 2.24) is 15.0 Å². The molecule has 0 atom stereocenters. The van der Waals surface area contributed by atoms with Crippen LogP contribution in [0.1, 0.15) is 56.2 Å². The second kappa shape index (κ2) is 13.4. The molecule has 1 N–H and O–H groups in total. The normalized spacial score (nSPS) is 18.2. The van der Waals surface area contributed by atoms with E-state index in [2.05, 4.69) is 71.5 Å². The van der Waals surface area contributed by atoms with E-state index < -0.39 is 0 Å². The van der Waals surface area contributed by atoms with Gasteiger partial charge in [-0.1, -0.05) is 54.4 Å². The molecule has 37 heavy (non-hydrogen) atoms. The van der Waals surface area contributed by atoms with Crippen molar-refractivity contribution in [3.05, 3.63) is 53.7 Å². The van der Waals surface area contributed by atoms with E-state index in [1.54, 1.807) is 0 Å². The molecular formula is C30H43Cl2N3O2. The van der Waals surface area contributed by atoms with Crippen LogP contribution in [0.2, 0.25) is 0 Å². The Morgan fingerprint density at radius 3 is 2.38 bits per heavy atom. The van der Waals surface area contributed by atoms with Gasteiger partial charge in [-0.3, -0.25) is 0 Å². The minimum absolute atomic E-state index is 0. The zero-order valence-electron chi connectivity index (χ0n) is 22.3. The van der Waals surface area contributed by atoms with Crippen molar-refractivity contribution in [3.63, 3.8) is 0 Å². The lowest BCUT2D eigenvalue weighted by Crippen LogP contribution is -2.42. The highest BCUT2D eigenvalue weighted by molar-refractivity contribution is 5.89. The molecule has 0 radical (unpaired) electrons. The Balaban J connectivity index is 0.00000190. The molecule has 1 saturated carbocycles. The molecule has 5 rings (SSSR count). The molecule has 2 aliphatic rings. The Bertz CT molecular complexity index is 1100. The van der Waals surface area contributed by atoms with Crippen molar-refractivity contribution in [2.75, 3.05) is 40.3 Å². The van der Waals surface area contributed by atoms with Gasteiger partial charge in [-0.05, 0) is 88.8 Å². The maximum atomic E-state index is 9.98. The summed E-state index contributed by atoms with van der Waals surface area (Å²) >= 11 is 0. The zero-order valence-corrected chi connectivity index (χ0v) is 24.0. The summed E-state index contributed by atoms with van der Waals surface area (Å²) in [5, 5.41) is 15.7. The molecule has 2 aromatic carbocycles. The Kier molecular flexibility index (Phi) is 10.9. The van der Waals surface area contributed by atoms with Gasteiger partial charge in [-0.25, -0.2) is 0 Å². The molecule has 2 fully saturated rings. The fraction of sp³-hybridized carbons (Fsp3) is 0.567. The number of aryl methyl sites for hydroxylation is 1. The first-order valence-electron chi connectivity index (χ1n) is 13.5. The third-order valence-electron chi connectivity index (χ3n) is 8.43. The summed E-state index contributed by atoms with van der Waals surface area (Å²) in [6, 6.07) is 15.0. The molecule has 0 unspecified atom stereocenters. The topological polar surface area (TPSA) is 52.7 Å². The van der Waals surface area contributed by atoms with Crippen molar-refractivity contribution >= 4 is 35.8 Å². The van der Waals surface area contributed by atoms with E-state index >= 15 is 0 Å². The van der Waals surface area contributed by atoms with E-state index in [1.165, 1.54) is 80.1 Å². The maximum absolute atomic E-state index is 9.98. The number of piperidine rings is 1. The minimum Gasteiger partial charge on any atom is -0.396 e. The molecule has 7 heteroatoms. The van der Waals surface area contributed by atoms with Gasteiger partial charge in [0.25, 0.3) is 0 Å². The van der Waals surface area contributed by atoms with Crippen LogP contribution in [0, 0.1) is 11.3 Å². The summed E-state index contributed by atoms with van der Waals surface area (Å²) in [4.78, 5) is 4.81. The first-order valence-corrected chi connectivity index (χ1v) is 13.5. The number of aliphatic hydroxyl groups is 1. The molecule has 0 amide bonds. The van der Waals surface area contributed by atoms with Crippen molar-refractivity contribution in [2.45, 2.75) is 57.9 Å². The van der Waals surface area contributed by atoms with Gasteiger partial charge < -0.3 is 19.4 Å². The molecule has 1 saturated heterocycles. The SMILES string of the molecule is CN(C)Cc1c(-c2ccccc2)ccc2c(CCC3CCN(CC4(CO)CCCC4)CC3)noc12.Cl.Cl. The molecule has 1 aliphatic heterocycles. The van der Waals surface area contributed by atoms with E-state index in [-0.39, 0.29) is 30.2 Å². The van der Waals surface area contributed by atoms with Crippen LogP contribution >= 0.6 is 24.8 Å². The van der Waals surface area contributed by atoms with Crippen LogP contribution in [-0.2, 0) is 13.0 Å². The van der Waals surface area contributed by atoms with Crippen LogP contribution in [0.25, 0.3) is 22.1 Å². The third-order valence-corrected chi connectivity index (χ3v) is 8.43. The molecular weight excluding hydrogens is 505 g/mol. The second-order valence-electron chi connectivity index (χ2n) is 11.3. The van der Waals surface area contributed by atoms with Crippen molar-refractivity contribution in [2.24, 2.45) is 11.3 Å². The van der Waals surface area contributed by atoms with Gasteiger partial charge in [0.05, 0.1) is 5.69 Å². The molecule has 1 aliphatic carbocycles. The number of aromatic nitrogens is 1. The summed E-state index contributed by atoms with van der Waals surface area (Å²) < 4.78 is 5.99. The Morgan fingerprint density at radius 1 is 1.03 bits per heavy atom. The van der Waals surface area contributed by atoms with E-state index in [0.29, 0.717) is 6.61 Å². The average molecular weight is 549 g/mol. The van der Waals surface area contributed by atoms with E-state index in [4.69, 9.17) is 4.52 Å². The van der Waals surface area contributed by atoms with Gasteiger partial charge in [-0.15, -0.1) is 24.8 Å². The molecule has 0 spiro atoms. The monoisotopic (exact) mass is 547 g/mol. The summed E-state index contributed by atoms with van der Waals surface area (Å²) in [7, 11) is 4.21. The Hall–Kier alpha value is -1.63. The number of likely N-dealkylation sites (tertiary alicyclic amines) is 1. The first kappa shape index (κ1) is 29.9. The average Bonchev–Trinajstić information content (AvgIpc) is 3.52. The van der Waals surface area contributed by atoms with Gasteiger partial charge in [0.2, 0.25) is 0 Å².